The molecule has 124 valence electrons. The predicted molar refractivity (Wildman–Crippen MR) is 90.5 cm³/mol. The van der Waals surface area contributed by atoms with Crippen LogP contribution in [0.25, 0.3) is 5.69 Å². The number of carbonyl (C=O) groups excluding carboxylic acids is 1. The summed E-state index contributed by atoms with van der Waals surface area (Å²) in [4.78, 5) is 30.2. The molecule has 1 N–H and O–H groups in total. The van der Waals surface area contributed by atoms with Crippen molar-refractivity contribution in [2.45, 2.75) is 13.1 Å². The van der Waals surface area contributed by atoms with E-state index in [1.165, 1.54) is 6.33 Å². The number of aromatic carboxylic acids is 1. The Bertz CT molecular complexity index is 963. The first-order valence-corrected chi connectivity index (χ1v) is 7.87. The minimum Gasteiger partial charge on any atom is -0.476 e. The van der Waals surface area contributed by atoms with Crippen LogP contribution >= 0.6 is 0 Å². The molecular formula is C19H15N3O3. The monoisotopic (exact) mass is 333 g/mol. The second-order valence-electron chi connectivity index (χ2n) is 5.88. The zero-order chi connectivity index (χ0) is 17.4. The zero-order valence-corrected chi connectivity index (χ0v) is 13.3. The Labute approximate surface area is 144 Å². The summed E-state index contributed by atoms with van der Waals surface area (Å²) in [7, 11) is 0. The van der Waals surface area contributed by atoms with Gasteiger partial charge in [0.2, 0.25) is 0 Å². The van der Waals surface area contributed by atoms with Crippen LogP contribution in [0.2, 0.25) is 0 Å². The third kappa shape index (κ3) is 2.57. The number of carboxylic acids is 1. The molecule has 2 aromatic carbocycles. The van der Waals surface area contributed by atoms with Gasteiger partial charge in [-0.15, -0.1) is 0 Å². The summed E-state index contributed by atoms with van der Waals surface area (Å²) in [5.41, 5.74) is 2.65. The molecule has 0 radical (unpaired) electrons. The number of carbonyl (C=O) groups is 2. The molecule has 0 saturated carbocycles. The molecule has 4 rings (SSSR count). The molecule has 2 heterocycles. The lowest BCUT2D eigenvalue weighted by Crippen LogP contribution is -2.29. The maximum Gasteiger partial charge on any atom is 0.356 e. The number of aromatic nitrogens is 2. The van der Waals surface area contributed by atoms with Crippen molar-refractivity contribution in [3.05, 3.63) is 83.4 Å². The number of imidazole rings is 1. The molecule has 1 aliphatic rings. The van der Waals surface area contributed by atoms with E-state index < -0.39 is 5.97 Å². The quantitative estimate of drug-likeness (QED) is 0.800. The van der Waals surface area contributed by atoms with Crippen molar-refractivity contribution in [3.8, 4) is 5.69 Å². The average Bonchev–Trinajstić information content (AvgIpc) is 3.01. The molecule has 1 amide bonds. The first kappa shape index (κ1) is 15.1. The maximum atomic E-state index is 13.0. The van der Waals surface area contributed by atoms with E-state index in [9.17, 15) is 14.7 Å². The molecule has 1 aromatic heterocycles. The van der Waals surface area contributed by atoms with Gasteiger partial charge in [-0.25, -0.2) is 9.78 Å². The highest BCUT2D eigenvalue weighted by Crippen LogP contribution is 2.27. The Morgan fingerprint density at radius 3 is 2.56 bits per heavy atom. The number of para-hydroxylation sites is 1. The Kier molecular flexibility index (Phi) is 3.57. The normalized spacial score (nSPS) is 13.1. The highest BCUT2D eigenvalue weighted by Gasteiger charge is 2.29. The van der Waals surface area contributed by atoms with Crippen LogP contribution in [0.3, 0.4) is 0 Å². The second-order valence-corrected chi connectivity index (χ2v) is 5.88. The maximum absolute atomic E-state index is 13.0. The van der Waals surface area contributed by atoms with E-state index in [0.29, 0.717) is 23.5 Å². The number of amides is 1. The summed E-state index contributed by atoms with van der Waals surface area (Å²) in [5.74, 6) is -1.22. The number of carboxylic acid groups (broad SMARTS) is 1. The summed E-state index contributed by atoms with van der Waals surface area (Å²) in [5, 5.41) is 9.43. The molecule has 0 spiro atoms. The van der Waals surface area contributed by atoms with Gasteiger partial charge in [0.05, 0.1) is 23.5 Å². The first-order chi connectivity index (χ1) is 12.1. The minimum absolute atomic E-state index is 0.0254. The zero-order valence-electron chi connectivity index (χ0n) is 13.3. The van der Waals surface area contributed by atoms with Gasteiger partial charge in [-0.1, -0.05) is 42.5 Å². The van der Waals surface area contributed by atoms with Crippen LogP contribution in [0.4, 0.5) is 0 Å². The van der Waals surface area contributed by atoms with E-state index in [2.05, 4.69) is 4.98 Å². The van der Waals surface area contributed by atoms with Crippen molar-refractivity contribution < 1.29 is 14.7 Å². The van der Waals surface area contributed by atoms with Gasteiger partial charge in [0, 0.05) is 6.54 Å². The Morgan fingerprint density at radius 2 is 1.80 bits per heavy atom. The van der Waals surface area contributed by atoms with Crippen molar-refractivity contribution in [3.63, 3.8) is 0 Å². The molecule has 0 aliphatic carbocycles. The molecule has 6 nitrogen and oxygen atoms in total. The van der Waals surface area contributed by atoms with E-state index in [-0.39, 0.29) is 18.1 Å². The fourth-order valence-corrected chi connectivity index (χ4v) is 3.13. The van der Waals surface area contributed by atoms with Crippen molar-refractivity contribution >= 4 is 11.9 Å². The molecule has 0 atom stereocenters. The number of fused-ring (bicyclic) bond motifs is 3. The molecule has 0 fully saturated rings. The molecule has 6 heteroatoms. The standard InChI is InChI=1S/C19H15N3O3/c23-18-14-8-4-5-9-15(14)22-12-20-17(19(24)25)16(22)11-21(18)10-13-6-2-1-3-7-13/h1-9,12H,10-11H2,(H,24,25). The largest absolute Gasteiger partial charge is 0.476 e. The van der Waals surface area contributed by atoms with E-state index in [4.69, 9.17) is 0 Å². The Hall–Kier alpha value is -3.41. The van der Waals surface area contributed by atoms with Gasteiger partial charge in [-0.2, -0.15) is 0 Å². The highest BCUT2D eigenvalue weighted by atomic mass is 16.4. The van der Waals surface area contributed by atoms with Crippen molar-refractivity contribution in [1.82, 2.24) is 14.5 Å². The topological polar surface area (TPSA) is 75.4 Å². The van der Waals surface area contributed by atoms with Crippen LogP contribution in [-0.2, 0) is 13.1 Å². The number of nitrogens with zero attached hydrogens (tertiary/aromatic N) is 3. The van der Waals surface area contributed by atoms with Crippen LogP contribution < -0.4 is 0 Å². The Balaban J connectivity index is 1.85. The summed E-state index contributed by atoms with van der Waals surface area (Å²) < 4.78 is 1.70. The van der Waals surface area contributed by atoms with E-state index in [1.54, 1.807) is 27.7 Å². The minimum atomic E-state index is -1.10. The molecule has 0 unspecified atom stereocenters. The lowest BCUT2D eigenvalue weighted by Gasteiger charge is -2.21. The van der Waals surface area contributed by atoms with Crippen LogP contribution in [0, 0.1) is 0 Å². The molecule has 3 aromatic rings. The summed E-state index contributed by atoms with van der Waals surface area (Å²) in [6.07, 6.45) is 1.47. The average molecular weight is 333 g/mol. The number of hydrogen-bond acceptors (Lipinski definition) is 3. The number of hydrogen-bond donors (Lipinski definition) is 1. The first-order valence-electron chi connectivity index (χ1n) is 7.87. The molecule has 25 heavy (non-hydrogen) atoms. The van der Waals surface area contributed by atoms with Crippen LogP contribution in [0.15, 0.2) is 60.9 Å². The van der Waals surface area contributed by atoms with Crippen molar-refractivity contribution in [2.24, 2.45) is 0 Å². The molecule has 0 bridgehead atoms. The summed E-state index contributed by atoms with van der Waals surface area (Å²) in [6.45, 7) is 0.586. The summed E-state index contributed by atoms with van der Waals surface area (Å²) in [6, 6.07) is 16.8. The predicted octanol–water partition coefficient (Wildman–Crippen LogP) is 2.73. The molecule has 1 aliphatic heterocycles. The fourth-order valence-electron chi connectivity index (χ4n) is 3.13. The van der Waals surface area contributed by atoms with Crippen molar-refractivity contribution in [2.75, 3.05) is 0 Å². The van der Waals surface area contributed by atoms with Crippen LogP contribution in [0.5, 0.6) is 0 Å². The smallest absolute Gasteiger partial charge is 0.356 e. The highest BCUT2D eigenvalue weighted by molar-refractivity contribution is 5.99. The van der Waals surface area contributed by atoms with Crippen LogP contribution in [-0.4, -0.2) is 31.4 Å². The fraction of sp³-hybridized carbons (Fsp3) is 0.105. The van der Waals surface area contributed by atoms with E-state index in [1.807, 2.05) is 36.4 Å². The number of rotatable bonds is 3. The van der Waals surface area contributed by atoms with E-state index >= 15 is 0 Å². The van der Waals surface area contributed by atoms with Crippen molar-refractivity contribution in [1.29, 1.82) is 0 Å². The van der Waals surface area contributed by atoms with Gasteiger partial charge in [0.15, 0.2) is 5.69 Å². The molecular weight excluding hydrogens is 318 g/mol. The third-order valence-electron chi connectivity index (χ3n) is 4.31. The second kappa shape index (κ2) is 5.90. The van der Waals surface area contributed by atoms with Gasteiger partial charge in [0.25, 0.3) is 5.91 Å². The van der Waals surface area contributed by atoms with Gasteiger partial charge in [-0.05, 0) is 17.7 Å². The lowest BCUT2D eigenvalue weighted by molar-refractivity contribution is 0.0675. The third-order valence-corrected chi connectivity index (χ3v) is 4.31. The summed E-state index contributed by atoms with van der Waals surface area (Å²) >= 11 is 0. The van der Waals surface area contributed by atoms with Gasteiger partial charge in [-0.3, -0.25) is 9.36 Å². The van der Waals surface area contributed by atoms with Gasteiger partial charge >= 0.3 is 5.97 Å². The lowest BCUT2D eigenvalue weighted by atomic mass is 10.1. The van der Waals surface area contributed by atoms with E-state index in [0.717, 1.165) is 5.56 Å². The Morgan fingerprint density at radius 1 is 1.08 bits per heavy atom. The molecule has 0 saturated heterocycles. The van der Waals surface area contributed by atoms with Crippen LogP contribution in [0.1, 0.15) is 32.1 Å². The van der Waals surface area contributed by atoms with Gasteiger partial charge in [0.1, 0.15) is 6.33 Å². The number of benzene rings is 2. The van der Waals surface area contributed by atoms with Gasteiger partial charge < -0.3 is 10.0 Å². The SMILES string of the molecule is O=C(O)c1ncn2c1CN(Cc1ccccc1)C(=O)c1ccccc1-2.